The highest BCUT2D eigenvalue weighted by atomic mass is 35.5. The molecule has 2 bridgehead atoms. The molecule has 1 heterocycles. The molecular weight excluding hydrogens is 491 g/mol. The number of fused-ring (bicyclic) bond motifs is 5. The van der Waals surface area contributed by atoms with Gasteiger partial charge in [0.2, 0.25) is 11.8 Å². The minimum Gasteiger partial charge on any atom is -0.452 e. The van der Waals surface area contributed by atoms with Crippen molar-refractivity contribution in [2.75, 3.05) is 16.8 Å². The highest BCUT2D eigenvalue weighted by molar-refractivity contribution is 6.32. The van der Waals surface area contributed by atoms with Crippen molar-refractivity contribution in [3.63, 3.8) is 0 Å². The largest absolute Gasteiger partial charge is 0.452 e. The molecule has 3 aliphatic rings. The maximum absolute atomic E-state index is 13.1. The fourth-order valence-electron chi connectivity index (χ4n) is 5.70. The predicted octanol–water partition coefficient (Wildman–Crippen LogP) is 4.07. The van der Waals surface area contributed by atoms with Crippen molar-refractivity contribution in [3.05, 3.63) is 59.2 Å². The molecule has 0 radical (unpaired) electrons. The lowest BCUT2D eigenvalue weighted by Gasteiger charge is -2.28. The second-order valence-electron chi connectivity index (χ2n) is 9.51. The van der Waals surface area contributed by atoms with Gasteiger partial charge in [0.25, 0.3) is 5.91 Å². The molecule has 2 aliphatic carbocycles. The second-order valence-corrected chi connectivity index (χ2v) is 10.5. The third kappa shape index (κ3) is 4.00. The number of benzene rings is 2. The van der Waals surface area contributed by atoms with Crippen LogP contribution in [-0.2, 0) is 19.1 Å². The van der Waals surface area contributed by atoms with Crippen molar-refractivity contribution in [1.82, 2.24) is 0 Å². The Morgan fingerprint density at radius 2 is 1.57 bits per heavy atom. The van der Waals surface area contributed by atoms with Gasteiger partial charge in [-0.2, -0.15) is 0 Å². The fourth-order valence-corrected chi connectivity index (χ4v) is 6.60. The molecule has 2 aromatic carbocycles. The summed E-state index contributed by atoms with van der Waals surface area (Å²) in [5.41, 5.74) is 3.23. The van der Waals surface area contributed by atoms with Gasteiger partial charge in [0, 0.05) is 5.69 Å². The van der Waals surface area contributed by atoms with Gasteiger partial charge in [-0.3, -0.25) is 19.3 Å². The van der Waals surface area contributed by atoms with E-state index in [1.54, 1.807) is 6.07 Å². The molecule has 6 atom stereocenters. The van der Waals surface area contributed by atoms with Crippen molar-refractivity contribution in [2.45, 2.75) is 31.0 Å². The van der Waals surface area contributed by atoms with Gasteiger partial charge in [0.1, 0.15) is 0 Å². The molecule has 2 saturated carbocycles. The lowest BCUT2D eigenvalue weighted by molar-refractivity contribution is -0.123. The number of carbonyl (C=O) groups is 4. The van der Waals surface area contributed by atoms with Crippen LogP contribution in [0.2, 0.25) is 0 Å². The molecule has 2 aromatic rings. The summed E-state index contributed by atoms with van der Waals surface area (Å²) in [6, 6.07) is 11.6. The Hall–Kier alpha value is -2.90. The number of carbonyl (C=O) groups excluding carboxylic acids is 4. The quantitative estimate of drug-likeness (QED) is 0.368. The Balaban J connectivity index is 1.21. The topological polar surface area (TPSA) is 92.8 Å². The van der Waals surface area contributed by atoms with Crippen LogP contribution in [0.15, 0.2) is 42.5 Å². The summed E-state index contributed by atoms with van der Waals surface area (Å²) in [6.07, 6.45) is 0.699. The molecule has 182 valence electrons. The van der Waals surface area contributed by atoms with E-state index in [9.17, 15) is 19.2 Å². The molecule has 0 aromatic heterocycles. The first kappa shape index (κ1) is 23.8. The van der Waals surface area contributed by atoms with E-state index in [4.69, 9.17) is 27.9 Å². The first-order valence-corrected chi connectivity index (χ1v) is 12.3. The van der Waals surface area contributed by atoms with Gasteiger partial charge in [-0.1, -0.05) is 17.7 Å². The van der Waals surface area contributed by atoms with Crippen molar-refractivity contribution >= 4 is 58.3 Å². The number of alkyl halides is 2. The van der Waals surface area contributed by atoms with Gasteiger partial charge in [0.05, 0.1) is 33.8 Å². The van der Waals surface area contributed by atoms with Crippen LogP contribution < -0.4 is 10.2 Å². The molecule has 1 aliphatic heterocycles. The van der Waals surface area contributed by atoms with Crippen LogP contribution in [0, 0.1) is 37.5 Å². The fraction of sp³-hybridized carbons (Fsp3) is 0.385. The summed E-state index contributed by atoms with van der Waals surface area (Å²) in [5, 5.41) is 2.09. The van der Waals surface area contributed by atoms with Gasteiger partial charge >= 0.3 is 5.97 Å². The van der Waals surface area contributed by atoms with E-state index >= 15 is 0 Å². The Kier molecular flexibility index (Phi) is 6.09. The van der Waals surface area contributed by atoms with E-state index in [0.717, 1.165) is 11.1 Å². The predicted molar refractivity (Wildman–Crippen MR) is 132 cm³/mol. The van der Waals surface area contributed by atoms with Crippen LogP contribution in [0.4, 0.5) is 11.4 Å². The number of nitrogens with one attached hydrogen (secondary N) is 1. The minimum absolute atomic E-state index is 0.0975. The molecule has 3 amide bonds. The van der Waals surface area contributed by atoms with Gasteiger partial charge < -0.3 is 10.1 Å². The van der Waals surface area contributed by atoms with Crippen LogP contribution in [-0.4, -0.2) is 41.1 Å². The molecule has 5 rings (SSSR count). The number of ether oxygens (including phenoxy) is 1. The molecule has 0 spiro atoms. The van der Waals surface area contributed by atoms with Gasteiger partial charge in [-0.15, -0.1) is 23.2 Å². The Bertz CT molecular complexity index is 1200. The van der Waals surface area contributed by atoms with Crippen LogP contribution >= 0.6 is 23.2 Å². The van der Waals surface area contributed by atoms with Crippen molar-refractivity contribution in [1.29, 1.82) is 0 Å². The van der Waals surface area contributed by atoms with Crippen molar-refractivity contribution < 1.29 is 23.9 Å². The number of aryl methyl sites for hydroxylation is 2. The average molecular weight is 515 g/mol. The van der Waals surface area contributed by atoms with Gasteiger partial charge in [0.15, 0.2) is 6.61 Å². The normalized spacial score (nSPS) is 28.9. The number of amides is 3. The summed E-state index contributed by atoms with van der Waals surface area (Å²) >= 11 is 12.8. The molecule has 35 heavy (non-hydrogen) atoms. The lowest BCUT2D eigenvalue weighted by Crippen LogP contribution is -2.37. The molecule has 1 saturated heterocycles. The molecule has 1 N–H and O–H groups in total. The highest BCUT2D eigenvalue weighted by Gasteiger charge is 2.66. The summed E-state index contributed by atoms with van der Waals surface area (Å²) in [7, 11) is 0. The standard InChI is InChI=1S/C26H24Cl2N2O5/c1-12-3-8-18(13(2)9-12)29-19(31)11-35-26(34)14-4-6-15(7-5-14)30-24(32)20-16-10-17(21(20)25(30)33)23(28)22(16)27/h3-9,16-17,20-23H,10-11H2,1-2H3,(H,29,31)/t16-,17-,20-,21+,22-,23+/m1/s1. The summed E-state index contributed by atoms with van der Waals surface area (Å²) in [5.74, 6) is -2.74. The van der Waals surface area contributed by atoms with Crippen LogP contribution in [0.3, 0.4) is 0 Å². The first-order valence-electron chi connectivity index (χ1n) is 11.5. The number of anilines is 2. The molecule has 7 nitrogen and oxygen atoms in total. The van der Waals surface area contributed by atoms with Crippen LogP contribution in [0.5, 0.6) is 0 Å². The monoisotopic (exact) mass is 514 g/mol. The van der Waals surface area contributed by atoms with Crippen LogP contribution in [0.25, 0.3) is 0 Å². The first-order chi connectivity index (χ1) is 16.7. The molecular formula is C26H24Cl2N2O5. The van der Waals surface area contributed by atoms with E-state index in [0.29, 0.717) is 17.8 Å². The lowest BCUT2D eigenvalue weighted by atomic mass is 9.80. The zero-order chi connectivity index (χ0) is 25.0. The van der Waals surface area contributed by atoms with E-state index in [1.165, 1.54) is 29.2 Å². The number of nitrogens with zero attached hydrogens (tertiary/aromatic N) is 1. The summed E-state index contributed by atoms with van der Waals surface area (Å²) < 4.78 is 5.13. The zero-order valence-corrected chi connectivity index (χ0v) is 20.7. The maximum Gasteiger partial charge on any atom is 0.338 e. The van der Waals surface area contributed by atoms with Gasteiger partial charge in [-0.05, 0) is 68.0 Å². The summed E-state index contributed by atoms with van der Waals surface area (Å²) in [4.78, 5) is 52.0. The van der Waals surface area contributed by atoms with Crippen LogP contribution in [0.1, 0.15) is 27.9 Å². The number of hydrogen-bond acceptors (Lipinski definition) is 5. The Morgan fingerprint density at radius 3 is 2.14 bits per heavy atom. The highest BCUT2D eigenvalue weighted by Crippen LogP contribution is 2.59. The third-order valence-corrected chi connectivity index (χ3v) is 8.66. The molecule has 3 fully saturated rings. The number of esters is 1. The molecule has 0 unspecified atom stereocenters. The van der Waals surface area contributed by atoms with E-state index in [-0.39, 0.29) is 40.0 Å². The maximum atomic E-state index is 13.1. The van der Waals surface area contributed by atoms with Gasteiger partial charge in [-0.25, -0.2) is 4.79 Å². The minimum atomic E-state index is -0.684. The average Bonchev–Trinajstić information content (AvgIpc) is 3.44. The second kappa shape index (κ2) is 8.95. The smallest absolute Gasteiger partial charge is 0.338 e. The van der Waals surface area contributed by atoms with Crippen molar-refractivity contribution in [2.24, 2.45) is 23.7 Å². The van der Waals surface area contributed by atoms with E-state index < -0.39 is 30.3 Å². The van der Waals surface area contributed by atoms with Crippen molar-refractivity contribution in [3.8, 4) is 0 Å². The van der Waals surface area contributed by atoms with E-state index in [2.05, 4.69) is 5.32 Å². The number of rotatable bonds is 5. The third-order valence-electron chi connectivity index (χ3n) is 7.34. The number of imide groups is 1. The summed E-state index contributed by atoms with van der Waals surface area (Å²) in [6.45, 7) is 3.40. The Labute approximate surface area is 212 Å². The number of hydrogen-bond donors (Lipinski definition) is 1. The number of halogens is 2. The SMILES string of the molecule is Cc1ccc(NC(=O)COC(=O)c2ccc(N3C(=O)[C@@H]4[C@H]5C[C@@H]([C@H](Cl)[C@@H]5Cl)[C@@H]4C3=O)cc2)c(C)c1. The zero-order valence-electron chi connectivity index (χ0n) is 19.2. The van der Waals surface area contributed by atoms with E-state index in [1.807, 2.05) is 26.0 Å². The molecule has 9 heteroatoms. The Morgan fingerprint density at radius 1 is 0.971 bits per heavy atom.